The third-order valence-corrected chi connectivity index (χ3v) is 5.65. The zero-order chi connectivity index (χ0) is 20.5. The first-order valence-electron chi connectivity index (χ1n) is 11.6. The Morgan fingerprint density at radius 2 is 1.32 bits per heavy atom. The molecule has 1 unspecified atom stereocenters. The van der Waals surface area contributed by atoms with Gasteiger partial charge in [0.05, 0.1) is 27.2 Å². The van der Waals surface area contributed by atoms with E-state index in [1.807, 2.05) is 0 Å². The fraction of sp³-hybridized carbons (Fsp3) is 0.875. The summed E-state index contributed by atoms with van der Waals surface area (Å²) in [6.07, 6.45) is 17.2. The SMILES string of the molecule is C=C(C)C(=O)NC(CC)CCC[N+](C)(C)CCCCCCCCCCCC.[Cl-]. The minimum atomic E-state index is 0. The summed E-state index contributed by atoms with van der Waals surface area (Å²) in [7, 11) is 4.70. The highest BCUT2D eigenvalue weighted by Gasteiger charge is 2.16. The lowest BCUT2D eigenvalue weighted by Gasteiger charge is -2.30. The molecule has 0 saturated heterocycles. The van der Waals surface area contributed by atoms with Crippen molar-refractivity contribution in [3.05, 3.63) is 12.2 Å². The van der Waals surface area contributed by atoms with Gasteiger partial charge in [-0.15, -0.1) is 0 Å². The van der Waals surface area contributed by atoms with Crippen LogP contribution in [-0.4, -0.2) is 43.6 Å². The van der Waals surface area contributed by atoms with Gasteiger partial charge in [0.25, 0.3) is 0 Å². The Morgan fingerprint density at radius 1 is 0.857 bits per heavy atom. The van der Waals surface area contributed by atoms with Crippen LogP contribution < -0.4 is 17.7 Å². The predicted octanol–water partition coefficient (Wildman–Crippen LogP) is 3.24. The van der Waals surface area contributed by atoms with Crippen molar-refractivity contribution >= 4 is 5.91 Å². The Labute approximate surface area is 182 Å². The standard InChI is InChI=1S/C24H48N2O.ClH/c1-7-9-10-11-12-13-14-15-16-17-20-26(5,6)21-18-19-23(8-2)25-24(27)22(3)4;/h23H,3,7-21H2,1-2,4-6H3;1H. The molecule has 0 aromatic rings. The molecule has 3 nitrogen and oxygen atoms in total. The molecule has 0 aliphatic carbocycles. The number of unbranched alkanes of at least 4 members (excludes halogenated alkanes) is 9. The summed E-state index contributed by atoms with van der Waals surface area (Å²) in [6.45, 7) is 12.4. The molecule has 0 bridgehead atoms. The van der Waals surface area contributed by atoms with E-state index < -0.39 is 0 Å². The zero-order valence-electron chi connectivity index (χ0n) is 19.6. The summed E-state index contributed by atoms with van der Waals surface area (Å²) in [4.78, 5) is 11.8. The van der Waals surface area contributed by atoms with Gasteiger partial charge in [0.15, 0.2) is 0 Å². The summed E-state index contributed by atoms with van der Waals surface area (Å²) < 4.78 is 1.10. The first-order chi connectivity index (χ1) is 12.8. The van der Waals surface area contributed by atoms with Crippen LogP contribution >= 0.6 is 0 Å². The van der Waals surface area contributed by atoms with Crippen molar-refractivity contribution in [2.75, 3.05) is 27.2 Å². The largest absolute Gasteiger partial charge is 1.00 e. The number of nitrogens with zero attached hydrogens (tertiary/aromatic N) is 1. The van der Waals surface area contributed by atoms with Crippen LogP contribution in [0.5, 0.6) is 0 Å². The predicted molar refractivity (Wildman–Crippen MR) is 120 cm³/mol. The maximum Gasteiger partial charge on any atom is 0.246 e. The first-order valence-corrected chi connectivity index (χ1v) is 11.6. The maximum atomic E-state index is 11.8. The van der Waals surface area contributed by atoms with E-state index in [1.54, 1.807) is 6.92 Å². The molecule has 168 valence electrons. The van der Waals surface area contributed by atoms with Gasteiger partial charge in [-0.05, 0) is 39.0 Å². The van der Waals surface area contributed by atoms with E-state index in [2.05, 4.69) is 39.8 Å². The third-order valence-electron chi connectivity index (χ3n) is 5.65. The highest BCUT2D eigenvalue weighted by Crippen LogP contribution is 2.13. The van der Waals surface area contributed by atoms with Gasteiger partial charge in [0, 0.05) is 11.6 Å². The molecule has 0 fully saturated rings. The van der Waals surface area contributed by atoms with Gasteiger partial charge < -0.3 is 22.2 Å². The second-order valence-electron chi connectivity index (χ2n) is 9.07. The molecule has 1 N–H and O–H groups in total. The van der Waals surface area contributed by atoms with Crippen molar-refractivity contribution in [2.24, 2.45) is 0 Å². The normalized spacial score (nSPS) is 12.3. The summed E-state index contributed by atoms with van der Waals surface area (Å²) >= 11 is 0. The smallest absolute Gasteiger partial charge is 0.246 e. The molecule has 1 amide bonds. The van der Waals surface area contributed by atoms with Gasteiger partial charge in [-0.1, -0.05) is 71.8 Å². The Morgan fingerprint density at radius 3 is 1.79 bits per heavy atom. The first kappa shape index (κ1) is 29.7. The van der Waals surface area contributed by atoms with Crippen LogP contribution in [0.3, 0.4) is 0 Å². The molecule has 0 aromatic carbocycles. The Balaban J connectivity index is 0. The summed E-state index contributed by atoms with van der Waals surface area (Å²) in [5.74, 6) is 0.000892. The average Bonchev–Trinajstić information content (AvgIpc) is 2.62. The molecule has 0 aromatic heterocycles. The van der Waals surface area contributed by atoms with Crippen molar-refractivity contribution in [3.63, 3.8) is 0 Å². The lowest BCUT2D eigenvalue weighted by molar-refractivity contribution is -0.890. The van der Waals surface area contributed by atoms with E-state index in [9.17, 15) is 4.79 Å². The van der Waals surface area contributed by atoms with Gasteiger partial charge in [0.1, 0.15) is 0 Å². The maximum absolute atomic E-state index is 11.8. The molecule has 0 aliphatic heterocycles. The summed E-state index contributed by atoms with van der Waals surface area (Å²) in [5, 5.41) is 3.09. The molecule has 0 radical (unpaired) electrons. The van der Waals surface area contributed by atoms with E-state index in [0.29, 0.717) is 5.57 Å². The molecule has 0 heterocycles. The van der Waals surface area contributed by atoms with Crippen molar-refractivity contribution in [1.82, 2.24) is 5.32 Å². The fourth-order valence-electron chi connectivity index (χ4n) is 3.59. The highest BCUT2D eigenvalue weighted by molar-refractivity contribution is 5.92. The van der Waals surface area contributed by atoms with E-state index in [4.69, 9.17) is 0 Å². The fourth-order valence-corrected chi connectivity index (χ4v) is 3.59. The molecule has 1 atom stereocenters. The van der Waals surface area contributed by atoms with Crippen LogP contribution in [0.25, 0.3) is 0 Å². The second kappa shape index (κ2) is 18.5. The van der Waals surface area contributed by atoms with E-state index >= 15 is 0 Å². The second-order valence-corrected chi connectivity index (χ2v) is 9.07. The van der Waals surface area contributed by atoms with Crippen LogP contribution in [0.1, 0.15) is 104 Å². The van der Waals surface area contributed by atoms with Gasteiger partial charge >= 0.3 is 0 Å². The Kier molecular flexibility index (Phi) is 19.6. The topological polar surface area (TPSA) is 29.1 Å². The van der Waals surface area contributed by atoms with Crippen LogP contribution in [-0.2, 0) is 4.79 Å². The van der Waals surface area contributed by atoms with Gasteiger partial charge in [-0.25, -0.2) is 0 Å². The van der Waals surface area contributed by atoms with Gasteiger partial charge in [-0.2, -0.15) is 0 Å². The van der Waals surface area contributed by atoms with Crippen LogP contribution in [0.2, 0.25) is 0 Å². The minimum absolute atomic E-state index is 0. The molecule has 4 heteroatoms. The number of hydrogen-bond acceptors (Lipinski definition) is 1. The monoisotopic (exact) mass is 416 g/mol. The van der Waals surface area contributed by atoms with E-state index in [-0.39, 0.29) is 24.4 Å². The van der Waals surface area contributed by atoms with Crippen molar-refractivity contribution in [3.8, 4) is 0 Å². The lowest BCUT2D eigenvalue weighted by atomic mass is 10.1. The van der Waals surface area contributed by atoms with E-state index in [0.717, 1.165) is 17.3 Å². The quantitative estimate of drug-likeness (QED) is 0.207. The van der Waals surface area contributed by atoms with Crippen LogP contribution in [0, 0.1) is 0 Å². The number of halogens is 1. The van der Waals surface area contributed by atoms with Gasteiger partial charge in [-0.3, -0.25) is 4.79 Å². The molecule has 0 spiro atoms. The van der Waals surface area contributed by atoms with Crippen LogP contribution in [0.15, 0.2) is 12.2 Å². The number of rotatable bonds is 18. The van der Waals surface area contributed by atoms with E-state index in [1.165, 1.54) is 83.7 Å². The average molecular weight is 417 g/mol. The number of carbonyl (C=O) groups is 1. The molecule has 28 heavy (non-hydrogen) atoms. The number of amides is 1. The van der Waals surface area contributed by atoms with Gasteiger partial charge in [0.2, 0.25) is 5.91 Å². The van der Waals surface area contributed by atoms with Crippen molar-refractivity contribution < 1.29 is 21.7 Å². The number of nitrogens with one attached hydrogen (secondary N) is 1. The summed E-state index contributed by atoms with van der Waals surface area (Å²) in [6, 6.07) is 0.284. The lowest BCUT2D eigenvalue weighted by Crippen LogP contribution is -3.00. The molecular formula is C24H49ClN2O. The van der Waals surface area contributed by atoms with Crippen molar-refractivity contribution in [1.29, 1.82) is 0 Å². The zero-order valence-corrected chi connectivity index (χ0v) is 20.4. The van der Waals surface area contributed by atoms with Crippen molar-refractivity contribution in [2.45, 2.75) is 110 Å². The summed E-state index contributed by atoms with van der Waals surface area (Å²) in [5.41, 5.74) is 0.602. The van der Waals surface area contributed by atoms with Crippen LogP contribution in [0.4, 0.5) is 0 Å². The highest BCUT2D eigenvalue weighted by atomic mass is 35.5. The number of hydrogen-bond donors (Lipinski definition) is 1. The molecule has 0 saturated carbocycles. The Bertz CT molecular complexity index is 396. The molecule has 0 rings (SSSR count). The third kappa shape index (κ3) is 17.6. The number of carbonyl (C=O) groups excluding carboxylic acids is 1. The molecular weight excluding hydrogens is 368 g/mol. The number of quaternary nitrogens is 1. The molecule has 0 aliphatic rings. The minimum Gasteiger partial charge on any atom is -1.00 e. The Hall–Kier alpha value is -0.540.